The van der Waals surface area contributed by atoms with Crippen LogP contribution in [0, 0.1) is 0 Å². The molecule has 0 saturated heterocycles. The molecule has 0 saturated carbocycles. The van der Waals surface area contributed by atoms with Crippen molar-refractivity contribution in [2.45, 2.75) is 65.0 Å². The number of alkyl halides is 1. The van der Waals surface area contributed by atoms with E-state index in [4.69, 9.17) is 4.74 Å². The molecule has 4 heteroatoms. The molecule has 0 aliphatic carbocycles. The van der Waals surface area contributed by atoms with Crippen LogP contribution in [0.25, 0.3) is 0 Å². The van der Waals surface area contributed by atoms with Gasteiger partial charge in [0, 0.05) is 11.4 Å². The van der Waals surface area contributed by atoms with E-state index in [1.807, 2.05) is 20.8 Å². The highest BCUT2D eigenvalue weighted by atomic mass is 79.9. The fraction of sp³-hybridized carbons (Fsp3) is 0.611. The van der Waals surface area contributed by atoms with Gasteiger partial charge in [0.15, 0.2) is 0 Å². The molecule has 1 atom stereocenters. The van der Waals surface area contributed by atoms with E-state index in [0.29, 0.717) is 5.33 Å². The van der Waals surface area contributed by atoms with Crippen molar-refractivity contribution in [1.29, 1.82) is 0 Å². The number of nitrogens with one attached hydrogen (secondary N) is 1. The summed E-state index contributed by atoms with van der Waals surface area (Å²) in [5.74, 6) is 0. The third-order valence-corrected chi connectivity index (χ3v) is 3.99. The van der Waals surface area contributed by atoms with Crippen LogP contribution in [0.4, 0.5) is 4.79 Å². The van der Waals surface area contributed by atoms with Gasteiger partial charge in [-0.05, 0) is 43.7 Å². The summed E-state index contributed by atoms with van der Waals surface area (Å²) in [5.41, 5.74) is 2.19. The van der Waals surface area contributed by atoms with Crippen LogP contribution in [0.3, 0.4) is 0 Å². The highest BCUT2D eigenvalue weighted by Crippen LogP contribution is 2.22. The number of halogens is 1. The Morgan fingerprint density at radius 2 is 1.68 bits per heavy atom. The molecule has 124 valence electrons. The van der Waals surface area contributed by atoms with Gasteiger partial charge in [0.25, 0.3) is 0 Å². The SMILES string of the molecule is CC(C)(C)OC(=O)NC(CBr)Cc1ccc(C(C)(C)C)cc1. The van der Waals surface area contributed by atoms with E-state index in [1.54, 1.807) is 0 Å². The van der Waals surface area contributed by atoms with Gasteiger partial charge in [-0.2, -0.15) is 0 Å². The summed E-state index contributed by atoms with van der Waals surface area (Å²) in [6.07, 6.45) is 0.401. The van der Waals surface area contributed by atoms with Gasteiger partial charge in [0.1, 0.15) is 5.60 Å². The number of benzene rings is 1. The zero-order chi connectivity index (χ0) is 17.0. The van der Waals surface area contributed by atoms with Crippen molar-refractivity contribution in [3.05, 3.63) is 35.4 Å². The lowest BCUT2D eigenvalue weighted by molar-refractivity contribution is 0.0510. The van der Waals surface area contributed by atoms with E-state index in [9.17, 15) is 4.79 Å². The molecule has 3 nitrogen and oxygen atoms in total. The number of hydrogen-bond acceptors (Lipinski definition) is 2. The van der Waals surface area contributed by atoms with E-state index in [1.165, 1.54) is 11.1 Å². The van der Waals surface area contributed by atoms with Crippen molar-refractivity contribution in [1.82, 2.24) is 5.32 Å². The molecule has 0 heterocycles. The normalized spacial score (nSPS) is 13.6. The molecule has 0 aliphatic heterocycles. The van der Waals surface area contributed by atoms with Crippen LogP contribution in [-0.2, 0) is 16.6 Å². The molecule has 1 aromatic carbocycles. The number of carbonyl (C=O) groups is 1. The van der Waals surface area contributed by atoms with Gasteiger partial charge < -0.3 is 10.1 Å². The predicted molar refractivity (Wildman–Crippen MR) is 95.8 cm³/mol. The lowest BCUT2D eigenvalue weighted by Gasteiger charge is -2.23. The Kier molecular flexibility index (Phi) is 6.48. The zero-order valence-corrected chi connectivity index (χ0v) is 16.1. The number of amides is 1. The summed E-state index contributed by atoms with van der Waals surface area (Å²) < 4.78 is 5.30. The van der Waals surface area contributed by atoms with Gasteiger partial charge in [0.2, 0.25) is 0 Å². The fourth-order valence-corrected chi connectivity index (χ4v) is 2.43. The van der Waals surface area contributed by atoms with Crippen molar-refractivity contribution < 1.29 is 9.53 Å². The largest absolute Gasteiger partial charge is 0.444 e. The first kappa shape index (κ1) is 19.0. The van der Waals surface area contributed by atoms with Crippen LogP contribution in [-0.4, -0.2) is 23.1 Å². The minimum Gasteiger partial charge on any atom is -0.444 e. The molecule has 0 aromatic heterocycles. The highest BCUT2D eigenvalue weighted by molar-refractivity contribution is 9.09. The zero-order valence-electron chi connectivity index (χ0n) is 14.5. The first-order valence-electron chi connectivity index (χ1n) is 7.66. The third kappa shape index (κ3) is 6.82. The van der Waals surface area contributed by atoms with Crippen LogP contribution in [0.5, 0.6) is 0 Å². The molecule has 0 radical (unpaired) electrons. The van der Waals surface area contributed by atoms with Gasteiger partial charge >= 0.3 is 6.09 Å². The molecule has 1 unspecified atom stereocenters. The Morgan fingerprint density at radius 1 is 1.14 bits per heavy atom. The smallest absolute Gasteiger partial charge is 0.407 e. The van der Waals surface area contributed by atoms with Crippen LogP contribution in [0.15, 0.2) is 24.3 Å². The third-order valence-electron chi connectivity index (χ3n) is 3.21. The molecule has 22 heavy (non-hydrogen) atoms. The van der Waals surface area contributed by atoms with Crippen LogP contribution in [0.1, 0.15) is 52.7 Å². The van der Waals surface area contributed by atoms with Crippen molar-refractivity contribution >= 4 is 22.0 Å². The predicted octanol–water partition coefficient (Wildman–Crippen LogP) is 4.81. The van der Waals surface area contributed by atoms with E-state index in [0.717, 1.165) is 6.42 Å². The maximum absolute atomic E-state index is 11.8. The molecular formula is C18H28BrNO2. The van der Waals surface area contributed by atoms with E-state index in [-0.39, 0.29) is 17.6 Å². The van der Waals surface area contributed by atoms with Gasteiger partial charge in [-0.1, -0.05) is 61.0 Å². The molecule has 1 rings (SSSR count). The average molecular weight is 370 g/mol. The Bertz CT molecular complexity index is 483. The lowest BCUT2D eigenvalue weighted by atomic mass is 9.86. The maximum atomic E-state index is 11.8. The summed E-state index contributed by atoms with van der Waals surface area (Å²) in [6.45, 7) is 12.2. The molecule has 1 amide bonds. The number of rotatable bonds is 4. The van der Waals surface area contributed by atoms with E-state index < -0.39 is 5.60 Å². The Balaban J connectivity index is 2.65. The summed E-state index contributed by atoms with van der Waals surface area (Å²) in [6, 6.07) is 8.60. The molecule has 0 aliphatic rings. The Hall–Kier alpha value is -1.03. The van der Waals surface area contributed by atoms with Crippen molar-refractivity contribution in [3.8, 4) is 0 Å². The molecule has 0 fully saturated rings. The van der Waals surface area contributed by atoms with Gasteiger partial charge in [-0.15, -0.1) is 0 Å². The van der Waals surface area contributed by atoms with Gasteiger partial charge in [0.05, 0.1) is 0 Å². The average Bonchev–Trinajstić information content (AvgIpc) is 2.35. The molecule has 1 aromatic rings. The lowest BCUT2D eigenvalue weighted by Crippen LogP contribution is -2.41. The molecular weight excluding hydrogens is 342 g/mol. The summed E-state index contributed by atoms with van der Waals surface area (Å²) >= 11 is 3.46. The van der Waals surface area contributed by atoms with Gasteiger partial charge in [-0.25, -0.2) is 4.79 Å². The summed E-state index contributed by atoms with van der Waals surface area (Å²) in [5, 5.41) is 3.60. The number of ether oxygens (including phenoxy) is 1. The van der Waals surface area contributed by atoms with Crippen molar-refractivity contribution in [2.24, 2.45) is 0 Å². The maximum Gasteiger partial charge on any atom is 0.407 e. The summed E-state index contributed by atoms with van der Waals surface area (Å²) in [7, 11) is 0. The van der Waals surface area contributed by atoms with E-state index >= 15 is 0 Å². The van der Waals surface area contributed by atoms with Crippen LogP contribution < -0.4 is 5.32 Å². The van der Waals surface area contributed by atoms with Crippen molar-refractivity contribution in [2.75, 3.05) is 5.33 Å². The monoisotopic (exact) mass is 369 g/mol. The second-order valence-electron chi connectivity index (χ2n) is 7.65. The van der Waals surface area contributed by atoms with Crippen molar-refractivity contribution in [3.63, 3.8) is 0 Å². The Labute approximate surface area is 143 Å². The van der Waals surface area contributed by atoms with Crippen LogP contribution in [0.2, 0.25) is 0 Å². The minimum atomic E-state index is -0.477. The number of alkyl carbamates (subject to hydrolysis) is 1. The Morgan fingerprint density at radius 3 is 2.09 bits per heavy atom. The van der Waals surface area contributed by atoms with Gasteiger partial charge in [-0.3, -0.25) is 0 Å². The number of carbonyl (C=O) groups excluding carboxylic acids is 1. The quantitative estimate of drug-likeness (QED) is 0.772. The number of hydrogen-bond donors (Lipinski definition) is 1. The second kappa shape index (κ2) is 7.49. The molecule has 0 spiro atoms. The minimum absolute atomic E-state index is 0.00957. The first-order chi connectivity index (χ1) is 10.0. The van der Waals surface area contributed by atoms with E-state index in [2.05, 4.69) is 66.3 Å². The highest BCUT2D eigenvalue weighted by Gasteiger charge is 2.19. The van der Waals surface area contributed by atoms with Crippen LogP contribution >= 0.6 is 15.9 Å². The summed E-state index contributed by atoms with van der Waals surface area (Å²) in [4.78, 5) is 11.8. The standard InChI is InChI=1S/C18H28BrNO2/c1-17(2,3)14-9-7-13(8-10-14)11-15(12-19)20-16(21)22-18(4,5)6/h7-10,15H,11-12H2,1-6H3,(H,20,21). The first-order valence-corrected chi connectivity index (χ1v) is 8.78. The molecule has 0 bridgehead atoms. The molecule has 1 N–H and O–H groups in total. The topological polar surface area (TPSA) is 38.3 Å². The fourth-order valence-electron chi connectivity index (χ4n) is 2.04. The second-order valence-corrected chi connectivity index (χ2v) is 8.30.